The maximum absolute atomic E-state index is 2.63. The smallest absolute Gasteiger partial charge is 0.257 e. The van der Waals surface area contributed by atoms with E-state index >= 15 is 0 Å². The van der Waals surface area contributed by atoms with Crippen molar-refractivity contribution < 1.29 is 0 Å². The van der Waals surface area contributed by atoms with Gasteiger partial charge in [-0.15, -0.1) is 0 Å². The van der Waals surface area contributed by atoms with Crippen LogP contribution in [0.4, 0.5) is 34.1 Å². The molecule has 4 nitrogen and oxygen atoms in total. The first-order valence-corrected chi connectivity index (χ1v) is 26.7. The maximum Gasteiger partial charge on any atom is 0.257 e. The zero-order chi connectivity index (χ0) is 50.3. The van der Waals surface area contributed by atoms with Gasteiger partial charge in [-0.1, -0.05) is 200 Å². The molecule has 0 saturated carbocycles. The number of benzene rings is 12. The Kier molecular flexibility index (Phi) is 8.90. The van der Waals surface area contributed by atoms with E-state index in [9.17, 15) is 0 Å². The van der Waals surface area contributed by atoms with Crippen LogP contribution in [0.2, 0.25) is 0 Å². The SMILES string of the molecule is c1ccc(-c2ccc(N3c4cc(-n5c6ccccc6c6ccccc65)cc5c4B4c6c3cccc6-n3c6ccccc6c6ccccc6c6ccccc6c6ccc(c4c63)N5c3ccc(-c4ccccc4)cc3)cc2)cc1. The van der Waals surface area contributed by atoms with Crippen molar-refractivity contribution in [2.45, 2.75) is 0 Å². The zero-order valence-corrected chi connectivity index (χ0v) is 41.8. The highest BCUT2D eigenvalue weighted by atomic mass is 15.2. The van der Waals surface area contributed by atoms with Crippen LogP contribution >= 0.6 is 0 Å². The van der Waals surface area contributed by atoms with E-state index in [2.05, 4.69) is 292 Å². The van der Waals surface area contributed by atoms with Gasteiger partial charge in [-0.2, -0.15) is 0 Å². The second kappa shape index (κ2) is 16.2. The molecule has 17 rings (SSSR count). The van der Waals surface area contributed by atoms with E-state index in [1.54, 1.807) is 0 Å². The zero-order valence-electron chi connectivity index (χ0n) is 41.8. The Balaban J connectivity index is 1.07. The second-order valence-corrected chi connectivity index (χ2v) is 20.7. The van der Waals surface area contributed by atoms with Crippen LogP contribution in [0, 0.1) is 0 Å². The summed E-state index contributed by atoms with van der Waals surface area (Å²) in [6.07, 6.45) is 0. The summed E-state index contributed by atoms with van der Waals surface area (Å²) >= 11 is 0. The van der Waals surface area contributed by atoms with Crippen LogP contribution in [0.1, 0.15) is 0 Å². The molecular weight excluding hydrogens is 932 g/mol. The third-order valence-electron chi connectivity index (χ3n) is 16.8. The summed E-state index contributed by atoms with van der Waals surface area (Å²) in [7, 11) is 0. The minimum Gasteiger partial charge on any atom is -0.311 e. The summed E-state index contributed by atoms with van der Waals surface area (Å²) in [5.41, 5.74) is 22.6. The number of hydrogen-bond acceptors (Lipinski definition) is 2. The van der Waals surface area contributed by atoms with Gasteiger partial charge in [0.2, 0.25) is 0 Å². The highest BCUT2D eigenvalue weighted by molar-refractivity contribution is 7.02. The van der Waals surface area contributed by atoms with Crippen molar-refractivity contribution in [3.8, 4) is 33.6 Å². The molecule has 0 radical (unpaired) electrons. The van der Waals surface area contributed by atoms with Crippen molar-refractivity contribution in [1.82, 2.24) is 9.13 Å². The van der Waals surface area contributed by atoms with E-state index in [0.29, 0.717) is 0 Å². The maximum atomic E-state index is 2.63. The Morgan fingerprint density at radius 2 is 0.597 bits per heavy atom. The molecule has 0 bridgehead atoms. The predicted molar refractivity (Wildman–Crippen MR) is 326 cm³/mol. The molecule has 0 spiro atoms. The lowest BCUT2D eigenvalue weighted by atomic mass is 9.32. The number of hydrogen-bond donors (Lipinski definition) is 0. The molecule has 3 aliphatic rings. The highest BCUT2D eigenvalue weighted by Gasteiger charge is 2.48. The molecule has 0 atom stereocenters. The predicted octanol–water partition coefficient (Wildman–Crippen LogP) is 17.0. The molecule has 3 aliphatic heterocycles. The average Bonchev–Trinajstić information content (AvgIpc) is 3.89. The normalized spacial score (nSPS) is 12.9. The monoisotopic (exact) mass is 976 g/mol. The van der Waals surface area contributed by atoms with E-state index in [-0.39, 0.29) is 6.71 Å². The van der Waals surface area contributed by atoms with Gasteiger partial charge in [-0.3, -0.25) is 0 Å². The van der Waals surface area contributed by atoms with Crippen molar-refractivity contribution >= 4 is 122 Å². The van der Waals surface area contributed by atoms with E-state index in [1.807, 2.05) is 0 Å². The van der Waals surface area contributed by atoms with E-state index in [0.717, 1.165) is 22.6 Å². The van der Waals surface area contributed by atoms with Crippen molar-refractivity contribution in [3.05, 3.63) is 273 Å². The molecule has 356 valence electrons. The lowest BCUT2D eigenvalue weighted by molar-refractivity contribution is 1.14. The minimum absolute atomic E-state index is 0.110. The van der Waals surface area contributed by atoms with E-state index in [4.69, 9.17) is 0 Å². The fourth-order valence-corrected chi connectivity index (χ4v) is 13.7. The fourth-order valence-electron chi connectivity index (χ4n) is 13.7. The molecule has 0 N–H and O–H groups in total. The van der Waals surface area contributed by atoms with E-state index < -0.39 is 0 Å². The molecule has 0 unspecified atom stereocenters. The van der Waals surface area contributed by atoms with Crippen LogP contribution < -0.4 is 26.2 Å². The van der Waals surface area contributed by atoms with Gasteiger partial charge in [0, 0.05) is 61.4 Å². The summed E-state index contributed by atoms with van der Waals surface area (Å²) in [5, 5.41) is 9.78. The molecule has 14 aromatic rings. The van der Waals surface area contributed by atoms with Gasteiger partial charge in [0.25, 0.3) is 6.71 Å². The average molecular weight is 977 g/mol. The summed E-state index contributed by atoms with van der Waals surface area (Å²) in [6, 6.07) is 102. The molecule has 0 amide bonds. The summed E-state index contributed by atoms with van der Waals surface area (Å²) in [6.45, 7) is -0.110. The Morgan fingerprint density at radius 1 is 0.221 bits per heavy atom. The fraction of sp³-hybridized carbons (Fsp3) is 0. The van der Waals surface area contributed by atoms with Crippen molar-refractivity contribution in [2.24, 2.45) is 0 Å². The molecule has 0 fully saturated rings. The van der Waals surface area contributed by atoms with E-state index in [1.165, 1.54) is 127 Å². The Hall–Kier alpha value is -10.1. The third kappa shape index (κ3) is 5.99. The summed E-state index contributed by atoms with van der Waals surface area (Å²) in [5.74, 6) is 0. The molecule has 5 heterocycles. The van der Waals surface area contributed by atoms with Gasteiger partial charge in [0.15, 0.2) is 0 Å². The second-order valence-electron chi connectivity index (χ2n) is 20.7. The number of para-hydroxylation sites is 3. The van der Waals surface area contributed by atoms with Gasteiger partial charge in [-0.25, -0.2) is 0 Å². The molecule has 5 heteroatoms. The molecule has 77 heavy (non-hydrogen) atoms. The van der Waals surface area contributed by atoms with Gasteiger partial charge in [0.1, 0.15) is 0 Å². The summed E-state index contributed by atoms with van der Waals surface area (Å²) < 4.78 is 5.13. The third-order valence-corrected chi connectivity index (χ3v) is 16.8. The lowest BCUT2D eigenvalue weighted by Gasteiger charge is -2.47. The van der Waals surface area contributed by atoms with Gasteiger partial charge >= 0.3 is 0 Å². The Bertz CT molecular complexity index is 4790. The van der Waals surface area contributed by atoms with Gasteiger partial charge < -0.3 is 18.9 Å². The first-order chi connectivity index (χ1) is 38.2. The van der Waals surface area contributed by atoms with Crippen LogP contribution in [0.5, 0.6) is 0 Å². The first-order valence-electron chi connectivity index (χ1n) is 26.7. The molecular formula is C72H45BN4. The number of nitrogens with zero attached hydrogens (tertiary/aromatic N) is 4. The highest BCUT2D eigenvalue weighted by Crippen LogP contribution is 2.50. The topological polar surface area (TPSA) is 16.3 Å². The summed E-state index contributed by atoms with van der Waals surface area (Å²) in [4.78, 5) is 5.16. The minimum atomic E-state index is -0.110. The molecule has 0 aliphatic carbocycles. The van der Waals surface area contributed by atoms with Crippen LogP contribution in [0.3, 0.4) is 0 Å². The standard InChI is InChI=1S/C72H45BN4/c1-3-18-46(19-4-1)48-34-38-50(39-35-48)74-64-32-17-33-65-69(64)73-70-67(74)44-52(76-61-29-14-12-27-58(61)59-28-13-15-30-62(59)76)45-68(70)75(51-40-36-49(37-41-51)47-20-5-2-6-21-47)66-43-42-60-56-25-10-8-23-54(56)53-22-7-9-24-55(53)57-26-11-16-31-63(57)77(65)72(60)71(66)73/h1-45H. The first kappa shape index (κ1) is 42.3. The lowest BCUT2D eigenvalue weighted by Crippen LogP contribution is -2.64. The number of fused-ring (bicyclic) bond motifs is 11. The van der Waals surface area contributed by atoms with Crippen molar-refractivity contribution in [1.29, 1.82) is 0 Å². The van der Waals surface area contributed by atoms with Crippen LogP contribution in [-0.2, 0) is 0 Å². The van der Waals surface area contributed by atoms with Gasteiger partial charge in [-0.05, 0) is 133 Å². The van der Waals surface area contributed by atoms with Crippen LogP contribution in [-0.4, -0.2) is 15.8 Å². The quantitative estimate of drug-likeness (QED) is 0.160. The molecule has 12 aromatic carbocycles. The van der Waals surface area contributed by atoms with Crippen molar-refractivity contribution in [2.75, 3.05) is 9.80 Å². The number of rotatable bonds is 5. The Labute approximate surface area is 445 Å². The number of aromatic nitrogens is 2. The number of anilines is 6. The van der Waals surface area contributed by atoms with Crippen molar-refractivity contribution in [3.63, 3.8) is 0 Å². The van der Waals surface area contributed by atoms with Gasteiger partial charge in [0.05, 0.1) is 27.8 Å². The largest absolute Gasteiger partial charge is 0.311 e. The molecule has 2 aromatic heterocycles. The van der Waals surface area contributed by atoms with Crippen LogP contribution in [0.15, 0.2) is 273 Å². The molecule has 0 saturated heterocycles. The van der Waals surface area contributed by atoms with Crippen LogP contribution in [0.25, 0.3) is 98.8 Å². The Morgan fingerprint density at radius 3 is 1.12 bits per heavy atom.